The summed E-state index contributed by atoms with van der Waals surface area (Å²) in [5.41, 5.74) is 1.42. The summed E-state index contributed by atoms with van der Waals surface area (Å²) in [6.45, 7) is 3.19. The highest BCUT2D eigenvalue weighted by Crippen LogP contribution is 2.14. The van der Waals surface area contributed by atoms with Crippen molar-refractivity contribution in [2.75, 3.05) is 11.9 Å². The second kappa shape index (κ2) is 9.24. The molecule has 0 saturated heterocycles. The third-order valence-corrected chi connectivity index (χ3v) is 5.19. The molecular weight excluding hydrogens is 368 g/mol. The third kappa shape index (κ3) is 6.46. The van der Waals surface area contributed by atoms with Gasteiger partial charge in [0.1, 0.15) is 0 Å². The summed E-state index contributed by atoms with van der Waals surface area (Å²) in [5, 5.41) is 5.37. The molecule has 0 aliphatic carbocycles. The number of benzene rings is 1. The first-order valence-corrected chi connectivity index (χ1v) is 9.83. The zero-order valence-corrected chi connectivity index (χ0v) is 15.9. The van der Waals surface area contributed by atoms with Gasteiger partial charge in [-0.05, 0) is 48.9 Å². The fourth-order valence-corrected chi connectivity index (χ4v) is 3.38. The molecule has 3 N–H and O–H groups in total. The molecule has 8 nitrogen and oxygen atoms in total. The van der Waals surface area contributed by atoms with Crippen LogP contribution >= 0.6 is 0 Å². The molecule has 1 aromatic carbocycles. The Kier molecular flexibility index (Phi) is 7.03. The van der Waals surface area contributed by atoms with E-state index < -0.39 is 10.0 Å². The molecule has 1 atom stereocenters. The van der Waals surface area contributed by atoms with E-state index in [-0.39, 0.29) is 35.7 Å². The van der Waals surface area contributed by atoms with Gasteiger partial charge < -0.3 is 10.6 Å². The van der Waals surface area contributed by atoms with Crippen LogP contribution in [0.5, 0.6) is 0 Å². The summed E-state index contributed by atoms with van der Waals surface area (Å²) in [7, 11) is -3.73. The number of anilines is 1. The summed E-state index contributed by atoms with van der Waals surface area (Å²) in [6, 6.07) is 9.19. The van der Waals surface area contributed by atoms with Gasteiger partial charge in [0.25, 0.3) is 0 Å². The maximum atomic E-state index is 12.3. The Hall–Kier alpha value is -2.78. The van der Waals surface area contributed by atoms with Crippen LogP contribution in [0.2, 0.25) is 0 Å². The van der Waals surface area contributed by atoms with Crippen molar-refractivity contribution in [3.63, 3.8) is 0 Å². The quantitative estimate of drug-likeness (QED) is 0.633. The number of carbonyl (C=O) groups excluding carboxylic acids is 2. The third-order valence-electron chi connectivity index (χ3n) is 3.71. The smallest absolute Gasteiger partial charge is 0.240 e. The summed E-state index contributed by atoms with van der Waals surface area (Å²) < 4.78 is 26.9. The number of hydrogen-bond donors (Lipinski definition) is 3. The number of hydrogen-bond acceptors (Lipinski definition) is 5. The van der Waals surface area contributed by atoms with E-state index in [0.29, 0.717) is 5.69 Å². The second-order valence-electron chi connectivity index (χ2n) is 5.92. The van der Waals surface area contributed by atoms with Crippen LogP contribution in [0, 0.1) is 0 Å². The molecule has 9 heteroatoms. The average Bonchev–Trinajstić information content (AvgIpc) is 2.62. The number of pyridine rings is 1. The number of nitrogens with one attached hydrogen (secondary N) is 3. The lowest BCUT2D eigenvalue weighted by atomic mass is 10.1. The largest absolute Gasteiger partial charge is 0.350 e. The Balaban J connectivity index is 1.84. The Morgan fingerprint density at radius 2 is 1.70 bits per heavy atom. The highest BCUT2D eigenvalue weighted by molar-refractivity contribution is 7.89. The monoisotopic (exact) mass is 390 g/mol. The molecule has 27 heavy (non-hydrogen) atoms. The second-order valence-corrected chi connectivity index (χ2v) is 7.69. The van der Waals surface area contributed by atoms with Gasteiger partial charge in [-0.15, -0.1) is 0 Å². The van der Waals surface area contributed by atoms with Gasteiger partial charge in [-0.2, -0.15) is 0 Å². The molecule has 1 heterocycles. The summed E-state index contributed by atoms with van der Waals surface area (Å²) >= 11 is 0. The Morgan fingerprint density at radius 3 is 2.30 bits per heavy atom. The number of amides is 2. The lowest BCUT2D eigenvalue weighted by Gasteiger charge is -2.14. The summed E-state index contributed by atoms with van der Waals surface area (Å²) in [6.07, 6.45) is 3.30. The van der Waals surface area contributed by atoms with Crippen molar-refractivity contribution in [2.45, 2.75) is 31.2 Å². The minimum absolute atomic E-state index is 0.0125. The minimum atomic E-state index is -3.73. The van der Waals surface area contributed by atoms with Gasteiger partial charge in [0, 0.05) is 38.0 Å². The van der Waals surface area contributed by atoms with Crippen LogP contribution in [0.25, 0.3) is 0 Å². The standard InChI is InChI=1S/C18H22N4O4S/c1-13(15-7-10-19-11-8-15)21-18(24)9-12-20-27(25,26)17-5-3-16(4-6-17)22-14(2)23/h3-8,10-11,13,20H,9,12H2,1-2H3,(H,21,24)(H,22,23). The van der Waals surface area contributed by atoms with E-state index in [1.165, 1.54) is 31.2 Å². The molecule has 0 saturated carbocycles. The SMILES string of the molecule is CC(=O)Nc1ccc(S(=O)(=O)NCCC(=O)NC(C)c2ccncc2)cc1. The molecule has 0 spiro atoms. The maximum Gasteiger partial charge on any atom is 0.240 e. The Bertz CT molecular complexity index is 883. The predicted octanol–water partition coefficient (Wildman–Crippen LogP) is 1.59. The molecular formula is C18H22N4O4S. The highest BCUT2D eigenvalue weighted by atomic mass is 32.2. The number of rotatable bonds is 8. The van der Waals surface area contributed by atoms with Crippen molar-refractivity contribution in [2.24, 2.45) is 0 Å². The topological polar surface area (TPSA) is 117 Å². The molecule has 144 valence electrons. The summed E-state index contributed by atoms with van der Waals surface area (Å²) in [4.78, 5) is 27.0. The zero-order chi connectivity index (χ0) is 19.9. The van der Waals surface area contributed by atoms with Crippen LogP contribution in [-0.4, -0.2) is 31.8 Å². The van der Waals surface area contributed by atoms with E-state index in [2.05, 4.69) is 20.3 Å². The molecule has 2 aromatic rings. The zero-order valence-electron chi connectivity index (χ0n) is 15.1. The first kappa shape index (κ1) is 20.5. The van der Waals surface area contributed by atoms with Crippen LogP contribution in [0.1, 0.15) is 31.9 Å². The van der Waals surface area contributed by atoms with Gasteiger partial charge in [-0.3, -0.25) is 14.6 Å². The van der Waals surface area contributed by atoms with Crippen LogP contribution in [0.3, 0.4) is 0 Å². The molecule has 0 radical (unpaired) electrons. The van der Waals surface area contributed by atoms with Crippen molar-refractivity contribution < 1.29 is 18.0 Å². The number of carbonyl (C=O) groups is 2. The van der Waals surface area contributed by atoms with E-state index in [1.807, 2.05) is 6.92 Å². The van der Waals surface area contributed by atoms with Crippen molar-refractivity contribution >= 4 is 27.5 Å². The van der Waals surface area contributed by atoms with Crippen LogP contribution in [-0.2, 0) is 19.6 Å². The fraction of sp³-hybridized carbons (Fsp3) is 0.278. The van der Waals surface area contributed by atoms with Gasteiger partial charge in [-0.1, -0.05) is 0 Å². The van der Waals surface area contributed by atoms with E-state index in [0.717, 1.165) is 5.56 Å². The number of nitrogens with zero attached hydrogens (tertiary/aromatic N) is 1. The normalized spacial score (nSPS) is 12.2. The van der Waals surface area contributed by atoms with Crippen molar-refractivity contribution in [3.8, 4) is 0 Å². The highest BCUT2D eigenvalue weighted by Gasteiger charge is 2.15. The van der Waals surface area contributed by atoms with Crippen LogP contribution in [0.15, 0.2) is 53.7 Å². The molecule has 0 fully saturated rings. The molecule has 2 rings (SSSR count). The van der Waals surface area contributed by atoms with Gasteiger partial charge in [0.15, 0.2) is 0 Å². The van der Waals surface area contributed by atoms with E-state index in [1.54, 1.807) is 24.5 Å². The lowest BCUT2D eigenvalue weighted by Crippen LogP contribution is -2.32. The molecule has 0 aliphatic heterocycles. The van der Waals surface area contributed by atoms with Gasteiger partial charge in [0.05, 0.1) is 10.9 Å². The van der Waals surface area contributed by atoms with Crippen molar-refractivity contribution in [1.29, 1.82) is 0 Å². The minimum Gasteiger partial charge on any atom is -0.350 e. The van der Waals surface area contributed by atoms with E-state index in [4.69, 9.17) is 0 Å². The average molecular weight is 390 g/mol. The molecule has 0 bridgehead atoms. The predicted molar refractivity (Wildman–Crippen MR) is 101 cm³/mol. The van der Waals surface area contributed by atoms with E-state index in [9.17, 15) is 18.0 Å². The van der Waals surface area contributed by atoms with Crippen molar-refractivity contribution in [3.05, 3.63) is 54.4 Å². The Labute approximate surface area is 158 Å². The molecule has 1 unspecified atom stereocenters. The first-order valence-electron chi connectivity index (χ1n) is 8.34. The van der Waals surface area contributed by atoms with Gasteiger partial charge in [0.2, 0.25) is 21.8 Å². The number of sulfonamides is 1. The van der Waals surface area contributed by atoms with E-state index >= 15 is 0 Å². The van der Waals surface area contributed by atoms with Gasteiger partial charge in [-0.25, -0.2) is 13.1 Å². The van der Waals surface area contributed by atoms with Crippen LogP contribution in [0.4, 0.5) is 5.69 Å². The fourth-order valence-electron chi connectivity index (χ4n) is 2.35. The lowest BCUT2D eigenvalue weighted by molar-refractivity contribution is -0.121. The summed E-state index contributed by atoms with van der Waals surface area (Å²) in [5.74, 6) is -0.501. The molecule has 2 amide bonds. The molecule has 1 aromatic heterocycles. The maximum absolute atomic E-state index is 12.3. The first-order chi connectivity index (χ1) is 12.8. The Morgan fingerprint density at radius 1 is 1.07 bits per heavy atom. The molecule has 0 aliphatic rings. The van der Waals surface area contributed by atoms with Crippen molar-refractivity contribution in [1.82, 2.24) is 15.0 Å². The number of aromatic nitrogens is 1. The van der Waals surface area contributed by atoms with Gasteiger partial charge >= 0.3 is 0 Å². The van der Waals surface area contributed by atoms with Crippen LogP contribution < -0.4 is 15.4 Å².